The van der Waals surface area contributed by atoms with Crippen molar-refractivity contribution in [2.24, 2.45) is 4.99 Å². The van der Waals surface area contributed by atoms with E-state index in [4.69, 9.17) is 4.74 Å². The largest absolute Gasteiger partial charge is 0.497 e. The van der Waals surface area contributed by atoms with E-state index in [2.05, 4.69) is 16.8 Å². The van der Waals surface area contributed by atoms with Crippen molar-refractivity contribution < 1.29 is 17.9 Å². The van der Waals surface area contributed by atoms with E-state index >= 15 is 0 Å². The molecule has 0 fully saturated rings. The van der Waals surface area contributed by atoms with Gasteiger partial charge in [0.2, 0.25) is 0 Å². The van der Waals surface area contributed by atoms with Gasteiger partial charge >= 0.3 is 6.18 Å². The number of benzene rings is 2. The predicted octanol–water partition coefficient (Wildman–Crippen LogP) is 5.10. The van der Waals surface area contributed by atoms with Crippen LogP contribution in [0.3, 0.4) is 0 Å². The van der Waals surface area contributed by atoms with Crippen molar-refractivity contribution in [1.29, 1.82) is 0 Å². The topological polar surface area (TPSA) is 21.6 Å². The third kappa shape index (κ3) is 4.80. The van der Waals surface area contributed by atoms with Crippen LogP contribution in [0.4, 0.5) is 18.9 Å². The summed E-state index contributed by atoms with van der Waals surface area (Å²) in [5.41, 5.74) is -0.434. The van der Waals surface area contributed by atoms with E-state index in [0.717, 1.165) is 4.90 Å². The van der Waals surface area contributed by atoms with E-state index in [1.165, 1.54) is 31.0 Å². The van der Waals surface area contributed by atoms with Gasteiger partial charge in [-0.2, -0.15) is 13.2 Å². The number of nitrogens with zero attached hydrogens (tertiary/aromatic N) is 1. The number of hydrogen-bond donors (Lipinski definition) is 0. The standard InChI is InChI=1S/C18H14F3NOS/c1-23-15-10-8-14(9-11-15)22-17(18(19,20)21)12-7-13-5-3-4-6-16(13)24-2/h3-6,8-11H,1-2H3. The fourth-order valence-corrected chi connectivity index (χ4v) is 2.38. The Morgan fingerprint density at radius 3 is 2.33 bits per heavy atom. The maximum atomic E-state index is 13.2. The molecular weight excluding hydrogens is 335 g/mol. The van der Waals surface area contributed by atoms with Crippen molar-refractivity contribution in [2.75, 3.05) is 13.4 Å². The van der Waals surface area contributed by atoms with E-state index in [9.17, 15) is 13.2 Å². The minimum Gasteiger partial charge on any atom is -0.497 e. The van der Waals surface area contributed by atoms with Gasteiger partial charge in [0.15, 0.2) is 5.71 Å². The Labute approximate surface area is 142 Å². The van der Waals surface area contributed by atoms with Crippen LogP contribution in [-0.2, 0) is 0 Å². The second kappa shape index (κ2) is 7.93. The molecule has 0 atom stereocenters. The lowest BCUT2D eigenvalue weighted by molar-refractivity contribution is -0.0571. The smallest absolute Gasteiger partial charge is 0.441 e. The van der Waals surface area contributed by atoms with Gasteiger partial charge in [-0.3, -0.25) is 0 Å². The third-order valence-corrected chi connectivity index (χ3v) is 3.80. The van der Waals surface area contributed by atoms with Crippen molar-refractivity contribution in [2.45, 2.75) is 11.1 Å². The van der Waals surface area contributed by atoms with Crippen LogP contribution in [0.15, 0.2) is 58.4 Å². The predicted molar refractivity (Wildman–Crippen MR) is 91.2 cm³/mol. The van der Waals surface area contributed by atoms with Gasteiger partial charge < -0.3 is 4.74 Å². The van der Waals surface area contributed by atoms with Crippen molar-refractivity contribution >= 4 is 23.2 Å². The first kappa shape index (κ1) is 18.0. The van der Waals surface area contributed by atoms with Gasteiger partial charge in [-0.15, -0.1) is 11.8 Å². The Bertz CT molecular complexity index is 786. The summed E-state index contributed by atoms with van der Waals surface area (Å²) in [6, 6.07) is 13.0. The lowest BCUT2D eigenvalue weighted by Gasteiger charge is -2.05. The highest BCUT2D eigenvalue weighted by Gasteiger charge is 2.34. The molecule has 0 aliphatic carbocycles. The fourth-order valence-electron chi connectivity index (χ4n) is 1.82. The molecule has 0 heterocycles. The SMILES string of the molecule is COc1ccc(N=C(C#Cc2ccccc2SC)C(F)(F)F)cc1. The highest BCUT2D eigenvalue weighted by atomic mass is 32.2. The van der Waals surface area contributed by atoms with Crippen LogP contribution >= 0.6 is 11.8 Å². The molecule has 2 aromatic rings. The number of aliphatic imine (C=N–C) groups is 1. The Morgan fingerprint density at radius 2 is 1.75 bits per heavy atom. The zero-order valence-corrected chi connectivity index (χ0v) is 13.8. The average molecular weight is 349 g/mol. The molecule has 124 valence electrons. The van der Waals surface area contributed by atoms with Gasteiger partial charge in [-0.1, -0.05) is 18.1 Å². The first-order valence-electron chi connectivity index (χ1n) is 6.89. The number of thioether (sulfide) groups is 1. The van der Waals surface area contributed by atoms with Crippen LogP contribution in [0.1, 0.15) is 5.56 Å². The summed E-state index contributed by atoms with van der Waals surface area (Å²) in [5, 5.41) is 0. The van der Waals surface area contributed by atoms with Gasteiger partial charge in [0, 0.05) is 10.5 Å². The highest BCUT2D eigenvalue weighted by molar-refractivity contribution is 7.98. The minimum absolute atomic E-state index is 0.163. The number of rotatable bonds is 3. The van der Waals surface area contributed by atoms with Crippen molar-refractivity contribution in [3.8, 4) is 17.6 Å². The molecule has 6 heteroatoms. The maximum absolute atomic E-state index is 13.2. The van der Waals surface area contributed by atoms with Gasteiger partial charge in [0.05, 0.1) is 12.8 Å². The van der Waals surface area contributed by atoms with Gasteiger partial charge in [0.25, 0.3) is 0 Å². The van der Waals surface area contributed by atoms with Crippen LogP contribution in [0.5, 0.6) is 5.75 Å². The molecule has 2 rings (SSSR count). The summed E-state index contributed by atoms with van der Waals surface area (Å²) in [6.45, 7) is 0. The molecule has 0 spiro atoms. The number of halogens is 3. The molecule has 0 radical (unpaired) electrons. The normalized spacial score (nSPS) is 11.6. The van der Waals surface area contributed by atoms with Crippen molar-refractivity contribution in [1.82, 2.24) is 0 Å². The monoisotopic (exact) mass is 349 g/mol. The van der Waals surface area contributed by atoms with Crippen molar-refractivity contribution in [3.63, 3.8) is 0 Å². The third-order valence-electron chi connectivity index (χ3n) is 3.00. The van der Waals surface area contributed by atoms with E-state index in [0.29, 0.717) is 11.3 Å². The zero-order valence-electron chi connectivity index (χ0n) is 13.0. The molecule has 0 bridgehead atoms. The molecule has 0 aromatic heterocycles. The van der Waals surface area contributed by atoms with Crippen LogP contribution < -0.4 is 4.74 Å². The Hall–Kier alpha value is -2.39. The summed E-state index contributed by atoms with van der Waals surface area (Å²) in [4.78, 5) is 4.45. The molecule has 24 heavy (non-hydrogen) atoms. The Morgan fingerprint density at radius 1 is 1.08 bits per heavy atom. The van der Waals surface area contributed by atoms with Gasteiger partial charge in [0.1, 0.15) is 5.75 Å². The molecule has 0 saturated carbocycles. The number of ether oxygens (including phenoxy) is 1. The first-order chi connectivity index (χ1) is 11.4. The number of methoxy groups -OCH3 is 1. The van der Waals surface area contributed by atoms with Crippen LogP contribution in [0, 0.1) is 11.8 Å². The van der Waals surface area contributed by atoms with E-state index in [1.807, 2.05) is 18.4 Å². The van der Waals surface area contributed by atoms with E-state index in [-0.39, 0.29) is 5.69 Å². The number of hydrogen-bond acceptors (Lipinski definition) is 3. The summed E-state index contributed by atoms with van der Waals surface area (Å²) >= 11 is 1.43. The highest BCUT2D eigenvalue weighted by Crippen LogP contribution is 2.24. The molecule has 0 N–H and O–H groups in total. The van der Waals surface area contributed by atoms with Gasteiger partial charge in [-0.25, -0.2) is 4.99 Å². The number of alkyl halides is 3. The van der Waals surface area contributed by atoms with Crippen LogP contribution in [0.25, 0.3) is 0 Å². The lowest BCUT2D eigenvalue weighted by atomic mass is 10.2. The van der Waals surface area contributed by atoms with Crippen LogP contribution in [-0.4, -0.2) is 25.3 Å². The summed E-state index contributed by atoms with van der Waals surface area (Å²) < 4.78 is 44.5. The van der Waals surface area contributed by atoms with E-state index < -0.39 is 11.9 Å². The zero-order chi connectivity index (χ0) is 17.6. The minimum atomic E-state index is -4.62. The Kier molecular flexibility index (Phi) is 5.93. The maximum Gasteiger partial charge on any atom is 0.441 e. The fraction of sp³-hybridized carbons (Fsp3) is 0.167. The first-order valence-corrected chi connectivity index (χ1v) is 8.11. The molecular formula is C18H14F3NOS. The van der Waals surface area contributed by atoms with Crippen molar-refractivity contribution in [3.05, 3.63) is 54.1 Å². The second-order valence-electron chi connectivity index (χ2n) is 4.61. The molecule has 0 saturated heterocycles. The molecule has 2 aromatic carbocycles. The van der Waals surface area contributed by atoms with E-state index in [1.54, 1.807) is 24.3 Å². The molecule has 0 unspecified atom stereocenters. The summed E-state index contributed by atoms with van der Waals surface area (Å²) in [5.74, 6) is 5.27. The Balaban J connectivity index is 2.40. The molecule has 0 aliphatic heterocycles. The molecule has 0 aliphatic rings. The summed E-state index contributed by atoms with van der Waals surface area (Å²) in [6.07, 6.45) is -2.78. The quantitative estimate of drug-likeness (QED) is 0.437. The van der Waals surface area contributed by atoms with Crippen LogP contribution in [0.2, 0.25) is 0 Å². The second-order valence-corrected chi connectivity index (χ2v) is 5.45. The van der Waals surface area contributed by atoms with Gasteiger partial charge in [-0.05, 0) is 48.6 Å². The molecule has 0 amide bonds. The molecule has 2 nitrogen and oxygen atoms in total. The average Bonchev–Trinajstić information content (AvgIpc) is 2.58. The summed E-state index contributed by atoms with van der Waals surface area (Å²) in [7, 11) is 1.48. The lowest BCUT2D eigenvalue weighted by Crippen LogP contribution is -2.21.